The fourth-order valence-electron chi connectivity index (χ4n) is 3.41. The number of amides is 1. The molecule has 1 heterocycles. The number of hydrogen-bond acceptors (Lipinski definition) is 5. The van der Waals surface area contributed by atoms with Gasteiger partial charge in [0.15, 0.2) is 11.4 Å². The van der Waals surface area contributed by atoms with Crippen LogP contribution in [-0.2, 0) is 10.4 Å². The Morgan fingerprint density at radius 3 is 2.56 bits per heavy atom. The number of aliphatic hydroxyl groups is 1. The highest BCUT2D eigenvalue weighted by Gasteiger charge is 2.50. The van der Waals surface area contributed by atoms with Crippen LogP contribution in [0.1, 0.15) is 42.1 Å². The fraction of sp³-hybridized carbons (Fsp3) is 0.300. The molecular weight excluding hydrogens is 348 g/mol. The predicted molar refractivity (Wildman–Crippen MR) is 99.6 cm³/mol. The maximum Gasteiger partial charge on any atom is 0.280 e. The number of nitrogens with zero attached hydrogens (tertiary/aromatic N) is 2. The van der Waals surface area contributed by atoms with Gasteiger partial charge >= 0.3 is 0 Å². The molecule has 0 saturated carbocycles. The first-order valence-electron chi connectivity index (χ1n) is 8.80. The van der Waals surface area contributed by atoms with Crippen LogP contribution in [0, 0.1) is 10.1 Å². The summed E-state index contributed by atoms with van der Waals surface area (Å²) in [6.07, 6.45) is 1.09. The Hall–Kier alpha value is -3.06. The van der Waals surface area contributed by atoms with Crippen molar-refractivity contribution in [3.05, 3.63) is 69.8 Å². The summed E-state index contributed by atoms with van der Waals surface area (Å²) in [4.78, 5) is 37.8. The minimum absolute atomic E-state index is 0.117. The van der Waals surface area contributed by atoms with Gasteiger partial charge in [-0.15, -0.1) is 0 Å². The van der Waals surface area contributed by atoms with Crippen molar-refractivity contribution < 1.29 is 19.6 Å². The number of fused-ring (bicyclic) bond motifs is 1. The maximum absolute atomic E-state index is 13.0. The molecule has 7 heteroatoms. The van der Waals surface area contributed by atoms with E-state index in [0.717, 1.165) is 12.8 Å². The van der Waals surface area contributed by atoms with Gasteiger partial charge in [0, 0.05) is 18.2 Å². The second kappa shape index (κ2) is 7.28. The van der Waals surface area contributed by atoms with Gasteiger partial charge in [-0.2, -0.15) is 0 Å². The van der Waals surface area contributed by atoms with E-state index in [1.807, 2.05) is 6.92 Å². The average molecular weight is 368 g/mol. The van der Waals surface area contributed by atoms with Gasteiger partial charge < -0.3 is 10.0 Å². The van der Waals surface area contributed by atoms with E-state index in [0.29, 0.717) is 17.8 Å². The Labute approximate surface area is 156 Å². The number of rotatable bonds is 7. The number of para-hydroxylation sites is 2. The van der Waals surface area contributed by atoms with Gasteiger partial charge in [-0.25, -0.2) is 0 Å². The number of hydrogen-bond donors (Lipinski definition) is 1. The molecule has 0 aliphatic carbocycles. The minimum Gasteiger partial charge on any atom is -0.375 e. The van der Waals surface area contributed by atoms with Crippen molar-refractivity contribution in [3.8, 4) is 0 Å². The molecule has 0 unspecified atom stereocenters. The third-order valence-corrected chi connectivity index (χ3v) is 4.79. The molecule has 0 saturated heterocycles. The van der Waals surface area contributed by atoms with E-state index < -0.39 is 28.6 Å². The Morgan fingerprint density at radius 2 is 1.85 bits per heavy atom. The molecule has 7 nitrogen and oxygen atoms in total. The van der Waals surface area contributed by atoms with Gasteiger partial charge in [0.05, 0.1) is 22.6 Å². The molecule has 2 aromatic rings. The molecule has 3 rings (SSSR count). The van der Waals surface area contributed by atoms with Crippen molar-refractivity contribution in [2.24, 2.45) is 0 Å². The van der Waals surface area contributed by atoms with Crippen LogP contribution >= 0.6 is 0 Å². The Morgan fingerprint density at radius 1 is 1.19 bits per heavy atom. The number of Topliss-reactive ketones (excluding diaryl/α,β-unsaturated/α-hetero) is 1. The van der Waals surface area contributed by atoms with E-state index in [1.54, 1.807) is 24.3 Å². The Balaban J connectivity index is 1.98. The largest absolute Gasteiger partial charge is 0.375 e. The lowest BCUT2D eigenvalue weighted by Crippen LogP contribution is -2.42. The summed E-state index contributed by atoms with van der Waals surface area (Å²) in [6, 6.07) is 12.4. The molecule has 27 heavy (non-hydrogen) atoms. The van der Waals surface area contributed by atoms with E-state index in [-0.39, 0.29) is 11.3 Å². The molecule has 0 spiro atoms. The van der Waals surface area contributed by atoms with Crippen LogP contribution < -0.4 is 4.90 Å². The van der Waals surface area contributed by atoms with Crippen LogP contribution in [0.25, 0.3) is 0 Å². The van der Waals surface area contributed by atoms with Crippen molar-refractivity contribution >= 4 is 23.1 Å². The van der Waals surface area contributed by atoms with Crippen LogP contribution in [0.3, 0.4) is 0 Å². The number of carbonyl (C=O) groups excluding carboxylic acids is 2. The lowest BCUT2D eigenvalue weighted by Gasteiger charge is -2.22. The highest BCUT2D eigenvalue weighted by molar-refractivity contribution is 6.11. The molecule has 0 radical (unpaired) electrons. The average Bonchev–Trinajstić information content (AvgIpc) is 2.87. The van der Waals surface area contributed by atoms with Gasteiger partial charge in [-0.1, -0.05) is 43.7 Å². The van der Waals surface area contributed by atoms with E-state index in [1.165, 1.54) is 29.2 Å². The highest BCUT2D eigenvalue weighted by Crippen LogP contribution is 2.43. The molecule has 1 aliphatic rings. The second-order valence-electron chi connectivity index (χ2n) is 6.56. The van der Waals surface area contributed by atoms with Gasteiger partial charge in [-0.05, 0) is 18.6 Å². The third-order valence-electron chi connectivity index (χ3n) is 4.79. The summed E-state index contributed by atoms with van der Waals surface area (Å²) in [7, 11) is 0. The van der Waals surface area contributed by atoms with E-state index in [2.05, 4.69) is 0 Å². The number of ketones is 1. The zero-order chi connectivity index (χ0) is 19.6. The van der Waals surface area contributed by atoms with Crippen molar-refractivity contribution in [1.29, 1.82) is 0 Å². The van der Waals surface area contributed by atoms with Gasteiger partial charge in [0.1, 0.15) is 0 Å². The molecule has 2 aromatic carbocycles. The van der Waals surface area contributed by atoms with Gasteiger partial charge in [-0.3, -0.25) is 19.7 Å². The van der Waals surface area contributed by atoms with Crippen LogP contribution in [0.15, 0.2) is 48.5 Å². The summed E-state index contributed by atoms with van der Waals surface area (Å²) in [6.45, 7) is 2.44. The first-order valence-corrected chi connectivity index (χ1v) is 8.80. The summed E-state index contributed by atoms with van der Waals surface area (Å²) >= 11 is 0. The van der Waals surface area contributed by atoms with Crippen molar-refractivity contribution in [3.63, 3.8) is 0 Å². The molecule has 0 aromatic heterocycles. The molecular formula is C20H20N2O5. The number of nitro groups is 1. The van der Waals surface area contributed by atoms with Crippen molar-refractivity contribution in [2.75, 3.05) is 11.4 Å². The normalized spacial score (nSPS) is 18.4. The monoisotopic (exact) mass is 368 g/mol. The maximum atomic E-state index is 13.0. The Bertz CT molecular complexity index is 911. The lowest BCUT2D eigenvalue weighted by atomic mass is 9.88. The topological polar surface area (TPSA) is 101 Å². The molecule has 1 atom stereocenters. The van der Waals surface area contributed by atoms with Crippen LogP contribution in [0.2, 0.25) is 0 Å². The number of benzene rings is 2. The van der Waals surface area contributed by atoms with Crippen LogP contribution in [0.4, 0.5) is 11.4 Å². The van der Waals surface area contributed by atoms with Gasteiger partial charge in [0.25, 0.3) is 11.6 Å². The second-order valence-corrected chi connectivity index (χ2v) is 6.56. The van der Waals surface area contributed by atoms with Crippen LogP contribution in [-0.4, -0.2) is 28.3 Å². The quantitative estimate of drug-likeness (QED) is 0.459. The minimum atomic E-state index is -2.02. The number of unbranched alkanes of at least 4 members (excludes halogenated alkanes) is 1. The van der Waals surface area contributed by atoms with Crippen LogP contribution in [0.5, 0.6) is 0 Å². The van der Waals surface area contributed by atoms with E-state index in [4.69, 9.17) is 0 Å². The first kappa shape index (κ1) is 18.7. The standard InChI is InChI=1S/C20H20N2O5/c1-2-3-12-21-17-11-7-5-9-15(17)20(25,19(21)24)13-18(23)14-8-4-6-10-16(14)22(26)27/h4-11,25H,2-3,12-13H2,1H3/t20-/m0/s1. The molecule has 0 bridgehead atoms. The van der Waals surface area contributed by atoms with Crippen molar-refractivity contribution in [1.82, 2.24) is 0 Å². The molecule has 1 amide bonds. The van der Waals surface area contributed by atoms with E-state index >= 15 is 0 Å². The fourth-order valence-corrected chi connectivity index (χ4v) is 3.41. The number of carbonyl (C=O) groups is 2. The smallest absolute Gasteiger partial charge is 0.280 e. The summed E-state index contributed by atoms with van der Waals surface area (Å²) in [5.41, 5.74) is -1.54. The summed E-state index contributed by atoms with van der Waals surface area (Å²) in [5.74, 6) is -1.21. The Kier molecular flexibility index (Phi) is 5.05. The third kappa shape index (κ3) is 3.21. The van der Waals surface area contributed by atoms with Gasteiger partial charge in [0.2, 0.25) is 0 Å². The lowest BCUT2D eigenvalue weighted by molar-refractivity contribution is -0.385. The summed E-state index contributed by atoms with van der Waals surface area (Å²) in [5, 5.41) is 22.4. The molecule has 1 N–H and O–H groups in total. The molecule has 140 valence electrons. The number of anilines is 1. The van der Waals surface area contributed by atoms with E-state index in [9.17, 15) is 24.8 Å². The number of nitro benzene ring substituents is 1. The zero-order valence-corrected chi connectivity index (χ0v) is 14.9. The predicted octanol–water partition coefficient (Wildman–Crippen LogP) is 3.20. The molecule has 0 fully saturated rings. The highest BCUT2D eigenvalue weighted by atomic mass is 16.6. The first-order chi connectivity index (χ1) is 12.9. The molecule has 1 aliphatic heterocycles. The summed E-state index contributed by atoms with van der Waals surface area (Å²) < 4.78 is 0. The van der Waals surface area contributed by atoms with Crippen molar-refractivity contribution in [2.45, 2.75) is 31.8 Å². The zero-order valence-electron chi connectivity index (χ0n) is 14.9. The SMILES string of the molecule is CCCCN1C(=O)[C@](O)(CC(=O)c2ccccc2[N+](=O)[O-])c2ccccc21.